The van der Waals surface area contributed by atoms with Gasteiger partial charge < -0.3 is 10.2 Å². The molecule has 0 radical (unpaired) electrons. The summed E-state index contributed by atoms with van der Waals surface area (Å²) in [6.45, 7) is 14.6. The Morgan fingerprint density at radius 3 is 2.41 bits per heavy atom. The van der Waals surface area contributed by atoms with Crippen LogP contribution < -0.4 is 10.9 Å². The minimum Gasteiger partial charge on any atom is -0.383 e. The lowest BCUT2D eigenvalue weighted by Gasteiger charge is -2.18. The van der Waals surface area contributed by atoms with Gasteiger partial charge in [0.05, 0.1) is 16.6 Å². The lowest BCUT2D eigenvalue weighted by Crippen LogP contribution is -2.25. The summed E-state index contributed by atoms with van der Waals surface area (Å²) in [6, 6.07) is 11.3. The number of halogens is 1. The van der Waals surface area contributed by atoms with Gasteiger partial charge in [0.15, 0.2) is 0 Å². The van der Waals surface area contributed by atoms with Gasteiger partial charge in [0.1, 0.15) is 11.6 Å². The van der Waals surface area contributed by atoms with Crippen molar-refractivity contribution in [3.05, 3.63) is 69.5 Å². The molecule has 0 saturated heterocycles. The Kier molecular flexibility index (Phi) is 8.99. The quantitative estimate of drug-likeness (QED) is 0.354. The molecule has 1 aromatic heterocycles. The average molecular weight is 465 g/mol. The fourth-order valence-electron chi connectivity index (χ4n) is 4.06. The van der Waals surface area contributed by atoms with Crippen LogP contribution in [0.4, 0.5) is 10.1 Å². The molecule has 0 amide bonds. The van der Waals surface area contributed by atoms with Gasteiger partial charge in [-0.25, -0.2) is 9.37 Å². The van der Waals surface area contributed by atoms with Crippen molar-refractivity contribution in [2.24, 2.45) is 0 Å². The molecule has 0 aliphatic rings. The third-order valence-electron chi connectivity index (χ3n) is 6.28. The van der Waals surface area contributed by atoms with Crippen molar-refractivity contribution in [3.63, 3.8) is 0 Å². The maximum absolute atomic E-state index is 14.7. The van der Waals surface area contributed by atoms with E-state index in [1.54, 1.807) is 10.6 Å². The van der Waals surface area contributed by atoms with E-state index in [-0.39, 0.29) is 5.56 Å². The third-order valence-corrected chi connectivity index (χ3v) is 6.28. The highest BCUT2D eigenvalue weighted by molar-refractivity contribution is 5.83. The van der Waals surface area contributed by atoms with Gasteiger partial charge in [-0.3, -0.25) is 9.36 Å². The van der Waals surface area contributed by atoms with Crippen LogP contribution >= 0.6 is 0 Å². The number of nitrogens with one attached hydrogen (secondary N) is 1. The normalized spacial score (nSPS) is 11.9. The van der Waals surface area contributed by atoms with Gasteiger partial charge in [-0.2, -0.15) is 0 Å². The number of aromatic nitrogens is 2. The van der Waals surface area contributed by atoms with Crippen LogP contribution in [0.15, 0.2) is 41.2 Å². The number of anilines is 1. The Bertz CT molecular complexity index is 1180. The Balaban J connectivity index is 1.87. The van der Waals surface area contributed by atoms with E-state index >= 15 is 0 Å². The van der Waals surface area contributed by atoms with Gasteiger partial charge in [-0.05, 0) is 68.2 Å². The fraction of sp³-hybridized carbons (Fsp3) is 0.429. The van der Waals surface area contributed by atoms with Gasteiger partial charge in [0.25, 0.3) is 5.56 Å². The molecule has 0 fully saturated rings. The third kappa shape index (κ3) is 6.11. The van der Waals surface area contributed by atoms with E-state index in [0.29, 0.717) is 41.4 Å². The maximum Gasteiger partial charge on any atom is 0.261 e. The predicted octanol–water partition coefficient (Wildman–Crippen LogP) is 5.99. The predicted molar refractivity (Wildman–Crippen MR) is 142 cm³/mol. The molecule has 0 saturated carbocycles. The summed E-state index contributed by atoms with van der Waals surface area (Å²) in [4.78, 5) is 20.1. The van der Waals surface area contributed by atoms with Crippen LogP contribution in [0.1, 0.15) is 63.9 Å². The topological polar surface area (TPSA) is 50.2 Å². The molecule has 0 aliphatic heterocycles. The molecule has 5 nitrogen and oxygen atoms in total. The molecule has 0 atom stereocenters. The second kappa shape index (κ2) is 11.9. The SMILES string of the molecule is CCN(CC)CCCNc1cc2nc(/C=C/c3ccc(C(C)C)cc3)n(CC)c(=O)c2cc1F. The molecule has 0 spiro atoms. The van der Waals surface area contributed by atoms with Crippen LogP contribution in [0.5, 0.6) is 0 Å². The van der Waals surface area contributed by atoms with Crippen molar-refractivity contribution < 1.29 is 4.39 Å². The molecule has 1 heterocycles. The lowest BCUT2D eigenvalue weighted by molar-refractivity contribution is 0.303. The van der Waals surface area contributed by atoms with Crippen LogP contribution in [0.3, 0.4) is 0 Å². The first kappa shape index (κ1) is 25.6. The average Bonchev–Trinajstić information content (AvgIpc) is 2.84. The molecule has 2 aromatic carbocycles. The summed E-state index contributed by atoms with van der Waals surface area (Å²) in [5.74, 6) is 0.614. The lowest BCUT2D eigenvalue weighted by atomic mass is 10.0. The van der Waals surface area contributed by atoms with E-state index in [4.69, 9.17) is 4.98 Å². The Hall–Kier alpha value is -2.99. The van der Waals surface area contributed by atoms with Crippen molar-refractivity contribution in [1.29, 1.82) is 0 Å². The van der Waals surface area contributed by atoms with E-state index in [0.717, 1.165) is 31.6 Å². The number of nitrogens with zero attached hydrogens (tertiary/aromatic N) is 3. The number of hydrogen-bond donors (Lipinski definition) is 1. The van der Waals surface area contributed by atoms with Gasteiger partial charge in [0.2, 0.25) is 0 Å². The monoisotopic (exact) mass is 464 g/mol. The van der Waals surface area contributed by atoms with Crippen LogP contribution in [0.25, 0.3) is 23.1 Å². The molecule has 182 valence electrons. The first-order valence-corrected chi connectivity index (χ1v) is 12.4. The summed E-state index contributed by atoms with van der Waals surface area (Å²) < 4.78 is 16.3. The zero-order valence-corrected chi connectivity index (χ0v) is 21.1. The summed E-state index contributed by atoms with van der Waals surface area (Å²) in [7, 11) is 0. The second-order valence-corrected chi connectivity index (χ2v) is 8.83. The van der Waals surface area contributed by atoms with Crippen LogP contribution in [-0.4, -0.2) is 40.6 Å². The molecule has 0 bridgehead atoms. The first-order valence-electron chi connectivity index (χ1n) is 12.4. The maximum atomic E-state index is 14.7. The molecule has 6 heteroatoms. The summed E-state index contributed by atoms with van der Waals surface area (Å²) >= 11 is 0. The van der Waals surface area contributed by atoms with Gasteiger partial charge in [0, 0.05) is 13.1 Å². The highest BCUT2D eigenvalue weighted by Crippen LogP contribution is 2.21. The minimum atomic E-state index is -0.426. The second-order valence-electron chi connectivity index (χ2n) is 8.83. The number of rotatable bonds is 11. The molecule has 3 aromatic rings. The van der Waals surface area contributed by atoms with Crippen LogP contribution in [0, 0.1) is 5.82 Å². The zero-order chi connectivity index (χ0) is 24.7. The van der Waals surface area contributed by atoms with E-state index in [2.05, 4.69) is 62.2 Å². The van der Waals surface area contributed by atoms with Crippen LogP contribution in [0.2, 0.25) is 0 Å². The molecule has 0 aliphatic carbocycles. The van der Waals surface area contributed by atoms with E-state index in [9.17, 15) is 9.18 Å². The van der Waals surface area contributed by atoms with Crippen molar-refractivity contribution in [2.75, 3.05) is 31.5 Å². The standard InChI is InChI=1S/C28H37FN4O/c1-6-32(7-2)17-9-16-30-26-19-25-23(18-24(26)29)28(34)33(8-3)27(31-25)15-12-21-10-13-22(14-11-21)20(4)5/h10-15,18-20,30H,6-9,16-17H2,1-5H3/b15-12+. The first-order chi connectivity index (χ1) is 16.4. The summed E-state index contributed by atoms with van der Waals surface area (Å²) in [5, 5.41) is 3.48. The molecule has 3 rings (SSSR count). The number of fused-ring (bicyclic) bond motifs is 1. The van der Waals surface area contributed by atoms with Gasteiger partial charge in [-0.15, -0.1) is 0 Å². The van der Waals surface area contributed by atoms with Crippen molar-refractivity contribution in [1.82, 2.24) is 14.5 Å². The molecule has 0 unspecified atom stereocenters. The van der Waals surface area contributed by atoms with Crippen molar-refractivity contribution >= 4 is 28.7 Å². The van der Waals surface area contributed by atoms with E-state index < -0.39 is 5.82 Å². The number of benzene rings is 2. The minimum absolute atomic E-state index is 0.228. The Labute approximate surface area is 202 Å². The zero-order valence-electron chi connectivity index (χ0n) is 21.1. The van der Waals surface area contributed by atoms with Crippen LogP contribution in [-0.2, 0) is 6.54 Å². The van der Waals surface area contributed by atoms with E-state index in [1.807, 2.05) is 19.1 Å². The van der Waals surface area contributed by atoms with Crippen molar-refractivity contribution in [3.8, 4) is 0 Å². The molecular weight excluding hydrogens is 427 g/mol. The van der Waals surface area contributed by atoms with Gasteiger partial charge in [-0.1, -0.05) is 58.0 Å². The highest BCUT2D eigenvalue weighted by atomic mass is 19.1. The largest absolute Gasteiger partial charge is 0.383 e. The molecular formula is C28H37FN4O. The van der Waals surface area contributed by atoms with Gasteiger partial charge >= 0.3 is 0 Å². The number of hydrogen-bond acceptors (Lipinski definition) is 4. The summed E-state index contributed by atoms with van der Waals surface area (Å²) in [6.07, 6.45) is 4.72. The Morgan fingerprint density at radius 2 is 1.79 bits per heavy atom. The van der Waals surface area contributed by atoms with Crippen molar-refractivity contribution in [2.45, 2.75) is 53.5 Å². The van der Waals surface area contributed by atoms with E-state index in [1.165, 1.54) is 11.6 Å². The Morgan fingerprint density at radius 1 is 1.09 bits per heavy atom. The molecule has 34 heavy (non-hydrogen) atoms. The fourth-order valence-corrected chi connectivity index (χ4v) is 4.06. The smallest absolute Gasteiger partial charge is 0.261 e. The molecule has 1 N–H and O–H groups in total. The highest BCUT2D eigenvalue weighted by Gasteiger charge is 2.13. The summed E-state index contributed by atoms with van der Waals surface area (Å²) in [5.41, 5.74) is 2.97.